The van der Waals surface area contributed by atoms with Gasteiger partial charge in [-0.05, 0) is 51.9 Å². The molecule has 0 radical (unpaired) electrons. The van der Waals surface area contributed by atoms with Crippen LogP contribution >= 0.6 is 0 Å². The molecule has 0 unspecified atom stereocenters. The summed E-state index contributed by atoms with van der Waals surface area (Å²) >= 11 is 0. The lowest BCUT2D eigenvalue weighted by atomic mass is 10.2. The van der Waals surface area contributed by atoms with Gasteiger partial charge in [-0.1, -0.05) is 12.8 Å². The predicted octanol–water partition coefficient (Wildman–Crippen LogP) is 2.31. The molecule has 0 aromatic carbocycles. The standard InChI is InChI=1S/C19H32N4O3/c1-15-17(18(24)25-3)13-16(26-15)14-22-19(20-2)21-9-8-12-23-10-6-4-5-7-11-23/h13H,4-12,14H2,1-3H3,(H2,20,21,22). The van der Waals surface area contributed by atoms with E-state index >= 15 is 0 Å². The molecule has 7 nitrogen and oxygen atoms in total. The minimum atomic E-state index is -0.381. The molecule has 1 aromatic heterocycles. The van der Waals surface area contributed by atoms with Gasteiger partial charge in [0.1, 0.15) is 17.1 Å². The second kappa shape index (κ2) is 10.9. The summed E-state index contributed by atoms with van der Waals surface area (Å²) in [4.78, 5) is 18.4. The van der Waals surface area contributed by atoms with Crippen molar-refractivity contribution in [1.82, 2.24) is 15.5 Å². The van der Waals surface area contributed by atoms with Crippen LogP contribution in [0.15, 0.2) is 15.5 Å². The molecular weight excluding hydrogens is 332 g/mol. The molecule has 26 heavy (non-hydrogen) atoms. The van der Waals surface area contributed by atoms with Crippen molar-refractivity contribution >= 4 is 11.9 Å². The maximum Gasteiger partial charge on any atom is 0.341 e. The van der Waals surface area contributed by atoms with Crippen LogP contribution in [0.1, 0.15) is 54.0 Å². The van der Waals surface area contributed by atoms with Crippen molar-refractivity contribution in [3.05, 3.63) is 23.2 Å². The molecular formula is C19H32N4O3. The highest BCUT2D eigenvalue weighted by atomic mass is 16.5. The molecule has 0 spiro atoms. The van der Waals surface area contributed by atoms with Crippen molar-refractivity contribution in [1.29, 1.82) is 0 Å². The van der Waals surface area contributed by atoms with Gasteiger partial charge in [-0.3, -0.25) is 4.99 Å². The van der Waals surface area contributed by atoms with E-state index in [-0.39, 0.29) is 5.97 Å². The Morgan fingerprint density at radius 2 is 2.00 bits per heavy atom. The number of methoxy groups -OCH3 is 1. The first kappa shape index (κ1) is 20.3. The van der Waals surface area contributed by atoms with Crippen molar-refractivity contribution in [2.75, 3.05) is 40.3 Å². The second-order valence-corrected chi connectivity index (χ2v) is 6.64. The van der Waals surface area contributed by atoms with Crippen LogP contribution in [0.4, 0.5) is 0 Å². The van der Waals surface area contributed by atoms with Gasteiger partial charge >= 0.3 is 5.97 Å². The van der Waals surface area contributed by atoms with Gasteiger partial charge in [0, 0.05) is 13.6 Å². The number of furan rings is 1. The SMILES string of the molecule is CN=C(NCCCN1CCCCCC1)NCc1cc(C(=O)OC)c(C)o1. The average molecular weight is 364 g/mol. The van der Waals surface area contributed by atoms with Gasteiger partial charge in [0.25, 0.3) is 0 Å². The number of esters is 1. The number of aryl methyl sites for hydroxylation is 1. The quantitative estimate of drug-likeness (QED) is 0.335. The van der Waals surface area contributed by atoms with Gasteiger partial charge in [-0.25, -0.2) is 4.79 Å². The first-order chi connectivity index (χ1) is 12.6. The Bertz CT molecular complexity index is 590. The molecule has 0 atom stereocenters. The number of hydrogen-bond acceptors (Lipinski definition) is 5. The van der Waals surface area contributed by atoms with Gasteiger partial charge in [0.2, 0.25) is 0 Å². The summed E-state index contributed by atoms with van der Waals surface area (Å²) in [7, 11) is 3.11. The molecule has 0 bridgehead atoms. The van der Waals surface area contributed by atoms with Crippen molar-refractivity contribution in [2.45, 2.75) is 45.6 Å². The molecule has 0 aliphatic carbocycles. The summed E-state index contributed by atoms with van der Waals surface area (Å²) in [6, 6.07) is 1.71. The molecule has 146 valence electrons. The molecule has 2 heterocycles. The van der Waals surface area contributed by atoms with E-state index in [1.165, 1.54) is 45.9 Å². The number of ether oxygens (including phenoxy) is 1. The zero-order valence-corrected chi connectivity index (χ0v) is 16.3. The van der Waals surface area contributed by atoms with E-state index < -0.39 is 0 Å². The van der Waals surface area contributed by atoms with Crippen LogP contribution < -0.4 is 10.6 Å². The summed E-state index contributed by atoms with van der Waals surface area (Å²) in [5.41, 5.74) is 0.463. The number of likely N-dealkylation sites (tertiary alicyclic amines) is 1. The first-order valence-electron chi connectivity index (χ1n) is 9.48. The fourth-order valence-electron chi connectivity index (χ4n) is 3.20. The van der Waals surface area contributed by atoms with Crippen LogP contribution in [0, 0.1) is 6.92 Å². The third kappa shape index (κ3) is 6.37. The summed E-state index contributed by atoms with van der Waals surface area (Å²) in [6.45, 7) is 6.68. The van der Waals surface area contributed by atoms with Gasteiger partial charge in [0.05, 0.1) is 13.7 Å². The van der Waals surface area contributed by atoms with Crippen LogP contribution in [0.5, 0.6) is 0 Å². The van der Waals surface area contributed by atoms with Crippen molar-refractivity contribution < 1.29 is 13.9 Å². The fourth-order valence-corrected chi connectivity index (χ4v) is 3.20. The van der Waals surface area contributed by atoms with Gasteiger partial charge in [-0.2, -0.15) is 0 Å². The molecule has 7 heteroatoms. The van der Waals surface area contributed by atoms with E-state index in [0.717, 1.165) is 25.5 Å². The second-order valence-electron chi connectivity index (χ2n) is 6.64. The minimum Gasteiger partial charge on any atom is -0.465 e. The molecule has 1 saturated heterocycles. The Hall–Kier alpha value is -2.02. The van der Waals surface area contributed by atoms with E-state index in [9.17, 15) is 4.79 Å². The lowest BCUT2D eigenvalue weighted by Crippen LogP contribution is -2.38. The van der Waals surface area contributed by atoms with E-state index in [0.29, 0.717) is 23.6 Å². The Kier molecular flexibility index (Phi) is 8.47. The summed E-state index contributed by atoms with van der Waals surface area (Å²) in [6.07, 6.45) is 6.48. The lowest BCUT2D eigenvalue weighted by Gasteiger charge is -2.20. The highest BCUT2D eigenvalue weighted by Gasteiger charge is 2.15. The Morgan fingerprint density at radius 3 is 2.65 bits per heavy atom. The normalized spacial score (nSPS) is 16.2. The van der Waals surface area contributed by atoms with E-state index in [1.54, 1.807) is 20.0 Å². The molecule has 1 aromatic rings. The Balaban J connectivity index is 1.70. The lowest BCUT2D eigenvalue weighted by molar-refractivity contribution is 0.0599. The monoisotopic (exact) mass is 364 g/mol. The first-order valence-corrected chi connectivity index (χ1v) is 9.48. The maximum atomic E-state index is 11.6. The number of hydrogen-bond donors (Lipinski definition) is 2. The van der Waals surface area contributed by atoms with Crippen LogP contribution in [0.2, 0.25) is 0 Å². The fraction of sp³-hybridized carbons (Fsp3) is 0.684. The van der Waals surface area contributed by atoms with Gasteiger partial charge < -0.3 is 24.7 Å². The molecule has 2 rings (SSSR count). The van der Waals surface area contributed by atoms with E-state index in [1.807, 2.05) is 0 Å². The largest absolute Gasteiger partial charge is 0.465 e. The summed E-state index contributed by atoms with van der Waals surface area (Å²) < 4.78 is 10.3. The number of carbonyl (C=O) groups excluding carboxylic acids is 1. The van der Waals surface area contributed by atoms with Crippen LogP contribution in [-0.4, -0.2) is 57.2 Å². The van der Waals surface area contributed by atoms with Crippen molar-refractivity contribution in [3.63, 3.8) is 0 Å². The summed E-state index contributed by atoms with van der Waals surface area (Å²) in [5.74, 6) is 1.59. The van der Waals surface area contributed by atoms with Crippen molar-refractivity contribution in [3.8, 4) is 0 Å². The van der Waals surface area contributed by atoms with Crippen LogP contribution in [0.3, 0.4) is 0 Å². The third-order valence-electron chi connectivity index (χ3n) is 4.67. The number of aliphatic imine (C=N–C) groups is 1. The van der Waals surface area contributed by atoms with Crippen LogP contribution in [0.25, 0.3) is 0 Å². The average Bonchev–Trinajstić information content (AvgIpc) is 2.85. The van der Waals surface area contributed by atoms with Gasteiger partial charge in [0.15, 0.2) is 5.96 Å². The van der Waals surface area contributed by atoms with Crippen molar-refractivity contribution in [2.24, 2.45) is 4.99 Å². The zero-order valence-electron chi connectivity index (χ0n) is 16.3. The summed E-state index contributed by atoms with van der Waals surface area (Å²) in [5, 5.41) is 6.54. The predicted molar refractivity (Wildman–Crippen MR) is 103 cm³/mol. The molecule has 0 saturated carbocycles. The number of rotatable bonds is 7. The van der Waals surface area contributed by atoms with Crippen LogP contribution in [-0.2, 0) is 11.3 Å². The highest BCUT2D eigenvalue weighted by molar-refractivity contribution is 5.90. The molecule has 1 aliphatic heterocycles. The number of guanidine groups is 1. The minimum absolute atomic E-state index is 0.381. The molecule has 1 fully saturated rings. The molecule has 1 aliphatic rings. The van der Waals surface area contributed by atoms with Gasteiger partial charge in [-0.15, -0.1) is 0 Å². The maximum absolute atomic E-state index is 11.6. The third-order valence-corrected chi connectivity index (χ3v) is 4.67. The topological polar surface area (TPSA) is 79.1 Å². The Morgan fingerprint density at radius 1 is 1.27 bits per heavy atom. The molecule has 2 N–H and O–H groups in total. The Labute approximate surface area is 156 Å². The number of carbonyl (C=O) groups is 1. The molecule has 0 amide bonds. The van der Waals surface area contributed by atoms with E-state index in [2.05, 4.69) is 20.5 Å². The number of nitrogens with one attached hydrogen (secondary N) is 2. The smallest absolute Gasteiger partial charge is 0.341 e. The highest BCUT2D eigenvalue weighted by Crippen LogP contribution is 2.15. The zero-order chi connectivity index (χ0) is 18.8. The number of nitrogens with zero attached hydrogens (tertiary/aromatic N) is 2. The van der Waals surface area contributed by atoms with E-state index in [4.69, 9.17) is 9.15 Å².